The van der Waals surface area contributed by atoms with Gasteiger partial charge in [-0.2, -0.15) is 0 Å². The van der Waals surface area contributed by atoms with Crippen molar-refractivity contribution in [2.75, 3.05) is 11.9 Å². The van der Waals surface area contributed by atoms with E-state index in [2.05, 4.69) is 10.4 Å². The van der Waals surface area contributed by atoms with Gasteiger partial charge < -0.3 is 9.84 Å². The highest BCUT2D eigenvalue weighted by molar-refractivity contribution is 8.56. The molecule has 0 amide bonds. The fourth-order valence-electron chi connectivity index (χ4n) is 1.45. The molecule has 0 radical (unpaired) electrons. The summed E-state index contributed by atoms with van der Waals surface area (Å²) in [6.45, 7) is 2.89. The molecule has 21 heavy (non-hydrogen) atoms. The van der Waals surface area contributed by atoms with Gasteiger partial charge >= 0.3 is 6.72 Å². The summed E-state index contributed by atoms with van der Waals surface area (Å²) < 4.78 is 17.9. The Hall–Kier alpha value is 0.0300. The highest BCUT2D eigenvalue weighted by atomic mass is 35.5. The fourth-order valence-corrected chi connectivity index (χ4v) is 6.60. The summed E-state index contributed by atoms with van der Waals surface area (Å²) in [7, 11) is 0. The van der Waals surface area contributed by atoms with Gasteiger partial charge in [-0.05, 0) is 48.7 Å². The first-order valence-corrected chi connectivity index (χ1v) is 10.5. The van der Waals surface area contributed by atoms with E-state index in [0.717, 1.165) is 0 Å². The number of thiocarbonyl (C=S) groups is 1. The average molecular weight is 387 g/mol. The van der Waals surface area contributed by atoms with Crippen LogP contribution >= 0.6 is 53.5 Å². The third-order valence-corrected chi connectivity index (χ3v) is 7.28. The summed E-state index contributed by atoms with van der Waals surface area (Å²) in [5.41, 5.74) is 0.614. The second kappa shape index (κ2) is 8.61. The Labute approximate surface area is 144 Å². The third kappa shape index (κ3) is 7.22. The van der Waals surface area contributed by atoms with E-state index in [0.29, 0.717) is 22.3 Å². The normalized spacial score (nSPS) is 13.8. The van der Waals surface area contributed by atoms with Gasteiger partial charge in [-0.3, -0.25) is 9.65 Å². The molecule has 0 fully saturated rings. The van der Waals surface area contributed by atoms with Crippen LogP contribution in [0.4, 0.5) is 5.69 Å². The molecule has 1 atom stereocenters. The molecule has 4 nitrogen and oxygen atoms in total. The maximum Gasteiger partial charge on any atom is 0.353 e. The van der Waals surface area contributed by atoms with Crippen LogP contribution < -0.4 is 10.4 Å². The van der Waals surface area contributed by atoms with Crippen LogP contribution in [0.1, 0.15) is 20.8 Å². The molecular weight excluding hydrogens is 370 g/mol. The quantitative estimate of drug-likeness (QED) is 0.492. The minimum absolute atomic E-state index is 0.137. The zero-order valence-electron chi connectivity index (χ0n) is 11.9. The monoisotopic (exact) mass is 386 g/mol. The van der Waals surface area contributed by atoms with E-state index in [1.165, 1.54) is 11.4 Å². The van der Waals surface area contributed by atoms with Crippen molar-refractivity contribution in [2.24, 2.45) is 0 Å². The Morgan fingerprint density at radius 1 is 1.38 bits per heavy atom. The minimum atomic E-state index is -3.10. The Morgan fingerprint density at radius 2 is 1.95 bits per heavy atom. The smallest absolute Gasteiger partial charge is 0.332 e. The zero-order chi connectivity index (χ0) is 16.0. The van der Waals surface area contributed by atoms with E-state index < -0.39 is 6.72 Å². The lowest BCUT2D eigenvalue weighted by Crippen LogP contribution is -2.26. The van der Waals surface area contributed by atoms with Crippen molar-refractivity contribution in [3.63, 3.8) is 0 Å². The molecule has 2 N–H and O–H groups in total. The van der Waals surface area contributed by atoms with Crippen LogP contribution in [0.15, 0.2) is 18.2 Å². The Balaban J connectivity index is 2.76. The van der Waals surface area contributed by atoms with Crippen LogP contribution in [-0.2, 0) is 9.09 Å². The molecule has 0 heterocycles. The third-order valence-electron chi connectivity index (χ3n) is 2.01. The molecule has 1 aromatic carbocycles. The van der Waals surface area contributed by atoms with E-state index >= 15 is 0 Å². The van der Waals surface area contributed by atoms with E-state index in [4.69, 9.17) is 39.9 Å². The lowest BCUT2D eigenvalue weighted by atomic mass is 10.3. The molecule has 0 saturated carbocycles. The molecule has 0 aromatic heterocycles. The summed E-state index contributed by atoms with van der Waals surface area (Å²) in [6.07, 6.45) is 0. The molecule has 1 unspecified atom stereocenters. The largest absolute Gasteiger partial charge is 0.353 e. The Morgan fingerprint density at radius 3 is 2.43 bits per heavy atom. The van der Waals surface area contributed by atoms with Crippen molar-refractivity contribution in [3.8, 4) is 0 Å². The van der Waals surface area contributed by atoms with Gasteiger partial charge in [-0.1, -0.05) is 37.0 Å². The van der Waals surface area contributed by atoms with Gasteiger partial charge in [0.05, 0.1) is 6.61 Å². The molecule has 1 aromatic rings. The van der Waals surface area contributed by atoms with Crippen LogP contribution in [0.3, 0.4) is 0 Å². The second-order valence-electron chi connectivity index (χ2n) is 4.29. The van der Waals surface area contributed by atoms with E-state index in [9.17, 15) is 4.57 Å². The van der Waals surface area contributed by atoms with Crippen molar-refractivity contribution in [3.05, 3.63) is 28.2 Å². The van der Waals surface area contributed by atoms with Gasteiger partial charge in [0.2, 0.25) is 0 Å². The van der Waals surface area contributed by atoms with Gasteiger partial charge in [-0.15, -0.1) is 0 Å². The van der Waals surface area contributed by atoms with Crippen LogP contribution in [-0.4, -0.2) is 17.0 Å². The van der Waals surface area contributed by atoms with Gasteiger partial charge in [0.25, 0.3) is 0 Å². The molecule has 0 saturated heterocycles. The standard InChI is InChI=1S/C12H17Cl2N2O2PS2/c1-4-18-19(17,21-8(2)3)16-12(20)15-11-6-9(13)5-10(14)7-11/h5-8H,4H2,1-3H3,(H2,15,16,17,20). The number of anilines is 1. The van der Waals surface area contributed by atoms with Gasteiger partial charge in [0.15, 0.2) is 5.11 Å². The van der Waals surface area contributed by atoms with Crippen molar-refractivity contribution in [1.82, 2.24) is 5.09 Å². The van der Waals surface area contributed by atoms with Crippen molar-refractivity contribution in [2.45, 2.75) is 26.0 Å². The van der Waals surface area contributed by atoms with Crippen LogP contribution in [0.25, 0.3) is 0 Å². The number of benzene rings is 1. The summed E-state index contributed by atoms with van der Waals surface area (Å²) >= 11 is 18.2. The molecule has 118 valence electrons. The van der Waals surface area contributed by atoms with Crippen molar-refractivity contribution < 1.29 is 9.09 Å². The van der Waals surface area contributed by atoms with Crippen molar-refractivity contribution >= 4 is 64.3 Å². The summed E-state index contributed by atoms with van der Waals surface area (Å²) in [4.78, 5) is 0. The van der Waals surface area contributed by atoms with E-state index in [1.807, 2.05) is 13.8 Å². The number of hydrogen-bond donors (Lipinski definition) is 2. The maximum atomic E-state index is 12.6. The zero-order valence-corrected chi connectivity index (χ0v) is 15.9. The average Bonchev–Trinajstić information content (AvgIpc) is 2.24. The van der Waals surface area contributed by atoms with Crippen LogP contribution in [0, 0.1) is 0 Å². The summed E-state index contributed by atoms with van der Waals surface area (Å²) in [6, 6.07) is 4.95. The van der Waals surface area contributed by atoms with Gasteiger partial charge in [0.1, 0.15) is 0 Å². The molecule has 1 rings (SSSR count). The Bertz CT molecular complexity index is 538. The molecule has 0 aliphatic carbocycles. The van der Waals surface area contributed by atoms with Gasteiger partial charge in [-0.25, -0.2) is 0 Å². The molecule has 0 aliphatic rings. The number of halogens is 2. The highest BCUT2D eigenvalue weighted by Gasteiger charge is 2.26. The number of rotatable bonds is 6. The first kappa shape index (κ1) is 19.1. The summed E-state index contributed by atoms with van der Waals surface area (Å²) in [5, 5.41) is 6.94. The van der Waals surface area contributed by atoms with E-state index in [1.54, 1.807) is 25.1 Å². The molecular formula is C12H17Cl2N2O2PS2. The molecule has 9 heteroatoms. The fraction of sp³-hybridized carbons (Fsp3) is 0.417. The SMILES string of the molecule is CCOP(=O)(NC(=S)Nc1cc(Cl)cc(Cl)c1)SC(C)C. The molecule has 0 bridgehead atoms. The van der Waals surface area contributed by atoms with E-state index in [-0.39, 0.29) is 10.4 Å². The first-order valence-electron chi connectivity index (χ1n) is 6.22. The van der Waals surface area contributed by atoms with Crippen LogP contribution in [0.2, 0.25) is 10.0 Å². The maximum absolute atomic E-state index is 12.6. The Kier molecular flexibility index (Phi) is 7.82. The highest BCUT2D eigenvalue weighted by Crippen LogP contribution is 2.57. The first-order chi connectivity index (χ1) is 9.74. The predicted molar refractivity (Wildman–Crippen MR) is 97.8 cm³/mol. The lowest BCUT2D eigenvalue weighted by Gasteiger charge is -2.21. The van der Waals surface area contributed by atoms with Gasteiger partial charge in [0, 0.05) is 21.0 Å². The summed E-state index contributed by atoms with van der Waals surface area (Å²) in [5.74, 6) is 0. The second-order valence-corrected chi connectivity index (χ2v) is 10.3. The lowest BCUT2D eigenvalue weighted by molar-refractivity contribution is 0.343. The molecule has 0 spiro atoms. The number of hydrogen-bond acceptors (Lipinski definition) is 4. The van der Waals surface area contributed by atoms with Crippen LogP contribution in [0.5, 0.6) is 0 Å². The van der Waals surface area contributed by atoms with Crippen molar-refractivity contribution in [1.29, 1.82) is 0 Å². The minimum Gasteiger partial charge on any atom is -0.332 e. The number of nitrogens with one attached hydrogen (secondary N) is 2. The molecule has 0 aliphatic heterocycles. The predicted octanol–water partition coefficient (Wildman–Crippen LogP) is 5.57. The topological polar surface area (TPSA) is 50.4 Å².